The molecule has 0 unspecified atom stereocenters. The van der Waals surface area contributed by atoms with E-state index in [0.29, 0.717) is 22.5 Å². The fraction of sp³-hybridized carbons (Fsp3) is 0.278. The van der Waals surface area contributed by atoms with Gasteiger partial charge in [-0.15, -0.1) is 11.8 Å². The molecule has 0 spiro atoms. The van der Waals surface area contributed by atoms with Crippen LogP contribution in [-0.4, -0.2) is 30.2 Å². The molecule has 0 aliphatic heterocycles. The van der Waals surface area contributed by atoms with Gasteiger partial charge in [0.25, 0.3) is 0 Å². The molecule has 2 aromatic carbocycles. The molecule has 0 aliphatic carbocycles. The molecule has 24 heavy (non-hydrogen) atoms. The van der Waals surface area contributed by atoms with Gasteiger partial charge in [0.1, 0.15) is 17.2 Å². The van der Waals surface area contributed by atoms with E-state index < -0.39 is 5.97 Å². The van der Waals surface area contributed by atoms with Crippen LogP contribution in [0, 0.1) is 0 Å². The van der Waals surface area contributed by atoms with Crippen molar-refractivity contribution in [1.29, 1.82) is 0 Å². The van der Waals surface area contributed by atoms with Crippen LogP contribution in [0.15, 0.2) is 47.4 Å². The largest absolute Gasteiger partial charge is 0.478 e. The summed E-state index contributed by atoms with van der Waals surface area (Å²) in [5.41, 5.74) is 0.0885. The highest BCUT2D eigenvalue weighted by atomic mass is 32.2. The Morgan fingerprint density at radius 3 is 2.33 bits per heavy atom. The zero-order valence-electron chi connectivity index (χ0n) is 13.8. The molecule has 0 heterocycles. The third-order valence-corrected chi connectivity index (χ3v) is 3.92. The van der Waals surface area contributed by atoms with Gasteiger partial charge in [0, 0.05) is 23.3 Å². The first kappa shape index (κ1) is 18.2. The predicted octanol–water partition coefficient (Wildman–Crippen LogP) is 4.66. The normalized spacial score (nSPS) is 10.7. The Kier molecular flexibility index (Phi) is 6.52. The highest BCUT2D eigenvalue weighted by molar-refractivity contribution is 7.99. The number of ether oxygens (including phenoxy) is 3. The van der Waals surface area contributed by atoms with Gasteiger partial charge in [0.05, 0.1) is 5.56 Å². The second-order valence-corrected chi connectivity index (χ2v) is 6.94. The van der Waals surface area contributed by atoms with Gasteiger partial charge < -0.3 is 19.3 Å². The third kappa shape index (κ3) is 5.47. The van der Waals surface area contributed by atoms with Gasteiger partial charge in [-0.3, -0.25) is 0 Å². The van der Waals surface area contributed by atoms with E-state index in [0.717, 1.165) is 4.90 Å². The third-order valence-electron chi connectivity index (χ3n) is 2.90. The van der Waals surface area contributed by atoms with Crippen molar-refractivity contribution in [1.82, 2.24) is 0 Å². The molecule has 128 valence electrons. The minimum absolute atomic E-state index is 0.0314. The first-order valence-electron chi connectivity index (χ1n) is 7.42. The SMILES string of the molecule is COCOc1cc(Oc2ccc(SC(C)C)cc2)cc(C(=O)O)c1. The van der Waals surface area contributed by atoms with Crippen LogP contribution in [0.5, 0.6) is 17.2 Å². The molecular formula is C18H20O5S. The first-order chi connectivity index (χ1) is 11.5. The smallest absolute Gasteiger partial charge is 0.335 e. The lowest BCUT2D eigenvalue weighted by Crippen LogP contribution is -2.02. The van der Waals surface area contributed by atoms with Gasteiger partial charge in [-0.05, 0) is 36.4 Å². The molecule has 6 heteroatoms. The molecule has 1 N–H and O–H groups in total. The topological polar surface area (TPSA) is 65.0 Å². The Morgan fingerprint density at radius 2 is 1.75 bits per heavy atom. The summed E-state index contributed by atoms with van der Waals surface area (Å²) in [6, 6.07) is 12.2. The summed E-state index contributed by atoms with van der Waals surface area (Å²) in [7, 11) is 1.50. The average molecular weight is 348 g/mol. The molecule has 2 rings (SSSR count). The van der Waals surface area contributed by atoms with Crippen LogP contribution in [0.3, 0.4) is 0 Å². The van der Waals surface area contributed by atoms with E-state index in [-0.39, 0.29) is 12.4 Å². The zero-order chi connectivity index (χ0) is 17.5. The molecule has 0 atom stereocenters. The van der Waals surface area contributed by atoms with Crippen molar-refractivity contribution in [3.63, 3.8) is 0 Å². The van der Waals surface area contributed by atoms with Crippen molar-refractivity contribution in [3.8, 4) is 17.2 Å². The molecule has 0 bridgehead atoms. The Balaban J connectivity index is 2.18. The summed E-state index contributed by atoms with van der Waals surface area (Å²) in [5, 5.41) is 9.70. The minimum atomic E-state index is -1.05. The fourth-order valence-electron chi connectivity index (χ4n) is 1.96. The molecule has 0 saturated carbocycles. The highest BCUT2D eigenvalue weighted by Gasteiger charge is 2.10. The van der Waals surface area contributed by atoms with Crippen molar-refractivity contribution in [2.24, 2.45) is 0 Å². The molecule has 0 amide bonds. The maximum Gasteiger partial charge on any atom is 0.335 e. The Morgan fingerprint density at radius 1 is 1.08 bits per heavy atom. The Bertz CT molecular complexity index is 682. The molecule has 2 aromatic rings. The van der Waals surface area contributed by atoms with E-state index in [2.05, 4.69) is 13.8 Å². The summed E-state index contributed by atoms with van der Waals surface area (Å²) in [6.45, 7) is 4.30. The molecule has 5 nitrogen and oxygen atoms in total. The molecule has 0 fully saturated rings. The number of benzene rings is 2. The second-order valence-electron chi connectivity index (χ2n) is 5.29. The van der Waals surface area contributed by atoms with Gasteiger partial charge in [-0.25, -0.2) is 4.79 Å². The zero-order valence-corrected chi connectivity index (χ0v) is 14.6. The fourth-order valence-corrected chi connectivity index (χ4v) is 2.80. The maximum atomic E-state index is 11.2. The summed E-state index contributed by atoms with van der Waals surface area (Å²) < 4.78 is 15.9. The lowest BCUT2D eigenvalue weighted by molar-refractivity contribution is 0.0506. The number of aromatic carboxylic acids is 1. The predicted molar refractivity (Wildman–Crippen MR) is 93.4 cm³/mol. The summed E-state index contributed by atoms with van der Waals surface area (Å²) in [6.07, 6.45) is 0. The number of carboxylic acids is 1. The lowest BCUT2D eigenvalue weighted by atomic mass is 10.2. The van der Waals surface area contributed by atoms with E-state index >= 15 is 0 Å². The van der Waals surface area contributed by atoms with Crippen molar-refractivity contribution < 1.29 is 24.1 Å². The minimum Gasteiger partial charge on any atom is -0.478 e. The summed E-state index contributed by atoms with van der Waals surface area (Å²) >= 11 is 1.76. The Labute approximate surface area is 145 Å². The monoisotopic (exact) mass is 348 g/mol. The van der Waals surface area contributed by atoms with Crippen LogP contribution >= 0.6 is 11.8 Å². The maximum absolute atomic E-state index is 11.2. The number of methoxy groups -OCH3 is 1. The number of carboxylic acid groups (broad SMARTS) is 1. The molecule has 0 radical (unpaired) electrons. The number of rotatable bonds is 8. The number of hydrogen-bond acceptors (Lipinski definition) is 5. The van der Waals surface area contributed by atoms with Gasteiger partial charge in [-0.2, -0.15) is 0 Å². The quantitative estimate of drug-likeness (QED) is 0.553. The van der Waals surface area contributed by atoms with E-state index in [9.17, 15) is 9.90 Å². The first-order valence-corrected chi connectivity index (χ1v) is 8.30. The Hall–Kier alpha value is -2.18. The van der Waals surface area contributed by atoms with E-state index in [1.165, 1.54) is 19.2 Å². The van der Waals surface area contributed by atoms with Crippen LogP contribution in [0.4, 0.5) is 0 Å². The van der Waals surface area contributed by atoms with E-state index in [1.54, 1.807) is 17.8 Å². The standard InChI is InChI=1S/C18H20O5S/c1-12(2)24-17-6-4-14(5-7-17)23-16-9-13(18(19)20)8-15(10-16)22-11-21-3/h4-10,12H,11H2,1-3H3,(H,19,20). The van der Waals surface area contributed by atoms with Crippen molar-refractivity contribution in [2.45, 2.75) is 24.0 Å². The van der Waals surface area contributed by atoms with Crippen LogP contribution in [0.25, 0.3) is 0 Å². The van der Waals surface area contributed by atoms with Crippen LogP contribution < -0.4 is 9.47 Å². The van der Waals surface area contributed by atoms with Crippen LogP contribution in [0.2, 0.25) is 0 Å². The van der Waals surface area contributed by atoms with Gasteiger partial charge in [0.15, 0.2) is 6.79 Å². The number of hydrogen-bond donors (Lipinski definition) is 1. The van der Waals surface area contributed by atoms with E-state index in [4.69, 9.17) is 14.2 Å². The van der Waals surface area contributed by atoms with Gasteiger partial charge in [0.2, 0.25) is 0 Å². The van der Waals surface area contributed by atoms with Crippen molar-refractivity contribution >= 4 is 17.7 Å². The molecule has 0 saturated heterocycles. The summed E-state index contributed by atoms with van der Waals surface area (Å²) in [4.78, 5) is 12.4. The van der Waals surface area contributed by atoms with Crippen molar-refractivity contribution in [3.05, 3.63) is 48.0 Å². The number of carbonyl (C=O) groups is 1. The van der Waals surface area contributed by atoms with Crippen molar-refractivity contribution in [2.75, 3.05) is 13.9 Å². The second kappa shape index (κ2) is 8.61. The molecule has 0 aliphatic rings. The molecule has 0 aromatic heterocycles. The average Bonchev–Trinajstić information content (AvgIpc) is 2.54. The van der Waals surface area contributed by atoms with E-state index in [1.807, 2.05) is 24.3 Å². The van der Waals surface area contributed by atoms with Gasteiger partial charge in [-0.1, -0.05) is 13.8 Å². The van der Waals surface area contributed by atoms with Crippen LogP contribution in [-0.2, 0) is 4.74 Å². The van der Waals surface area contributed by atoms with Crippen LogP contribution in [0.1, 0.15) is 24.2 Å². The lowest BCUT2D eigenvalue weighted by Gasteiger charge is -2.11. The highest BCUT2D eigenvalue weighted by Crippen LogP contribution is 2.30. The van der Waals surface area contributed by atoms with Gasteiger partial charge >= 0.3 is 5.97 Å². The summed E-state index contributed by atoms with van der Waals surface area (Å²) in [5.74, 6) is 0.346. The molecular weight excluding hydrogens is 328 g/mol. The number of thioether (sulfide) groups is 1.